The number of aromatic amines is 1. The van der Waals surface area contributed by atoms with Gasteiger partial charge in [0.15, 0.2) is 0 Å². The maximum absolute atomic E-state index is 14.2. The minimum atomic E-state index is -3.67. The molecule has 4 N–H and O–H groups in total. The second-order valence-corrected chi connectivity index (χ2v) is 15.0. The number of aromatic nitrogens is 1. The van der Waals surface area contributed by atoms with E-state index in [4.69, 9.17) is 9.29 Å². The highest BCUT2D eigenvalue weighted by molar-refractivity contribution is 7.85. The zero-order valence-corrected chi connectivity index (χ0v) is 27.7. The number of amides is 3. The van der Waals surface area contributed by atoms with Crippen LogP contribution in [0.5, 0.6) is 0 Å². The van der Waals surface area contributed by atoms with Crippen molar-refractivity contribution in [1.29, 1.82) is 0 Å². The van der Waals surface area contributed by atoms with Crippen LogP contribution >= 0.6 is 0 Å². The zero-order chi connectivity index (χ0) is 34.2. The van der Waals surface area contributed by atoms with E-state index in [-0.39, 0.29) is 24.3 Å². The summed E-state index contributed by atoms with van der Waals surface area (Å²) in [5.41, 5.74) is 3.58. The maximum atomic E-state index is 14.2. The molecule has 3 aromatic rings. The third-order valence-corrected chi connectivity index (χ3v) is 10.1. The smallest absolute Gasteiger partial charge is 0.280 e. The van der Waals surface area contributed by atoms with E-state index in [1.165, 1.54) is 22.8 Å². The van der Waals surface area contributed by atoms with E-state index in [9.17, 15) is 27.9 Å². The fourth-order valence-electron chi connectivity index (χ4n) is 8.12. The number of H-pyrrole nitrogens is 1. The number of rotatable bonds is 4. The van der Waals surface area contributed by atoms with Crippen molar-refractivity contribution < 1.29 is 37.2 Å². The maximum Gasteiger partial charge on any atom is 0.280 e. The molecule has 0 bridgehead atoms. The van der Waals surface area contributed by atoms with Crippen molar-refractivity contribution in [3.05, 3.63) is 77.5 Å². The quantitative estimate of drug-likeness (QED) is 0.299. The summed E-state index contributed by atoms with van der Waals surface area (Å²) in [6, 6.07) is 14.1. The first-order valence-electron chi connectivity index (χ1n) is 16.0. The van der Waals surface area contributed by atoms with Gasteiger partial charge in [-0.1, -0.05) is 48.5 Å². The van der Waals surface area contributed by atoms with Gasteiger partial charge in [-0.3, -0.25) is 33.5 Å². The summed E-state index contributed by atoms with van der Waals surface area (Å²) >= 11 is 0. The summed E-state index contributed by atoms with van der Waals surface area (Å²) in [7, 11) is -1.65. The Morgan fingerprint density at radius 3 is 2.60 bits per heavy atom. The molecule has 14 heteroatoms. The van der Waals surface area contributed by atoms with Crippen molar-refractivity contribution in [2.24, 2.45) is 5.92 Å². The fraction of sp³-hybridized carbons (Fsp3) is 0.441. The summed E-state index contributed by atoms with van der Waals surface area (Å²) in [4.78, 5) is 50.2. The zero-order valence-electron chi connectivity index (χ0n) is 26.9. The number of ether oxygens (including phenoxy) is 1. The minimum absolute atomic E-state index is 0.144. The molecule has 4 aliphatic heterocycles. The molecule has 13 nitrogen and oxygen atoms in total. The molecule has 48 heavy (non-hydrogen) atoms. The van der Waals surface area contributed by atoms with E-state index in [1.54, 1.807) is 4.90 Å². The highest BCUT2D eigenvalue weighted by atomic mass is 32.2. The summed E-state index contributed by atoms with van der Waals surface area (Å²) in [5.74, 6) is -3.77. The van der Waals surface area contributed by atoms with Gasteiger partial charge in [0.1, 0.15) is 12.1 Å². The van der Waals surface area contributed by atoms with Gasteiger partial charge < -0.3 is 20.3 Å². The van der Waals surface area contributed by atoms with Gasteiger partial charge in [-0.2, -0.15) is 8.42 Å². The van der Waals surface area contributed by atoms with Crippen LogP contribution < -0.4 is 5.32 Å². The van der Waals surface area contributed by atoms with Gasteiger partial charge in [0.2, 0.25) is 17.5 Å². The van der Waals surface area contributed by atoms with Gasteiger partial charge in [0, 0.05) is 42.7 Å². The van der Waals surface area contributed by atoms with Gasteiger partial charge in [0.25, 0.3) is 21.9 Å². The second kappa shape index (κ2) is 11.5. The number of benzene rings is 2. The lowest BCUT2D eigenvalue weighted by Gasteiger charge is -2.48. The van der Waals surface area contributed by atoms with Gasteiger partial charge in [0.05, 0.1) is 12.2 Å². The second-order valence-electron chi connectivity index (χ2n) is 13.5. The SMILES string of the molecule is CN1CC(C(=O)N[C@]2(C)O[C@@]3(O)[C@@H]4CCCN4C(=O)[C@H](Cc4ccccc4)N3C2=O)C=C2c3cccc4[nH]cc(c34)C[C@H]21.CS(=O)(=O)O. The van der Waals surface area contributed by atoms with E-state index >= 15 is 0 Å². The number of carbonyl (C=O) groups excluding carboxylic acids is 3. The van der Waals surface area contributed by atoms with Gasteiger partial charge in [-0.25, -0.2) is 0 Å². The van der Waals surface area contributed by atoms with Crippen molar-refractivity contribution in [3.63, 3.8) is 0 Å². The predicted molar refractivity (Wildman–Crippen MR) is 175 cm³/mol. The number of aliphatic hydroxyl groups is 1. The molecule has 6 atom stereocenters. The third kappa shape index (κ3) is 5.41. The molecule has 0 spiro atoms. The van der Waals surface area contributed by atoms with Crippen LogP contribution in [0, 0.1) is 5.92 Å². The molecule has 8 rings (SSSR count). The highest BCUT2D eigenvalue weighted by Crippen LogP contribution is 2.46. The molecular weight excluding hydrogens is 638 g/mol. The molecule has 254 valence electrons. The molecule has 0 saturated carbocycles. The first-order valence-corrected chi connectivity index (χ1v) is 17.9. The first kappa shape index (κ1) is 32.5. The standard InChI is InChI=1S/C33H35N5O5.CH4O3S/c1-32(35-29(39)21-15-23-22-10-6-11-24-28(22)20(17-34-24)16-25(23)36(2)18-21)31(41)38-26(14-19-8-4-3-5-9-19)30(40)37-13-7-12-27(37)33(38,42)43-32;1-5(2,3)4/h3-6,8-11,15,17,21,25-27,34,42H,7,12-14,16,18H2,1-2H3,(H,35,39);1H3,(H,2,3,4)/t21?,25-,26+,27+,32-,33+;/m1./s1. The largest absolute Gasteiger partial charge is 0.361 e. The lowest BCUT2D eigenvalue weighted by molar-refractivity contribution is -0.315. The van der Waals surface area contributed by atoms with Crippen molar-refractivity contribution in [2.75, 3.05) is 26.4 Å². The number of carbonyl (C=O) groups is 3. The molecular formula is C34H39N5O8S. The molecule has 1 aromatic heterocycles. The topological polar surface area (TPSA) is 173 Å². The molecule has 1 aliphatic carbocycles. The van der Waals surface area contributed by atoms with E-state index in [1.807, 2.05) is 49.5 Å². The van der Waals surface area contributed by atoms with Gasteiger partial charge in [-0.05, 0) is 61.6 Å². The minimum Gasteiger partial charge on any atom is -0.361 e. The number of piperazine rings is 1. The van der Waals surface area contributed by atoms with Crippen molar-refractivity contribution in [1.82, 2.24) is 25.0 Å². The molecule has 3 amide bonds. The van der Waals surface area contributed by atoms with Crippen molar-refractivity contribution >= 4 is 44.3 Å². The average molecular weight is 678 g/mol. The molecule has 2 aromatic carbocycles. The van der Waals surface area contributed by atoms with Crippen LogP contribution in [0.3, 0.4) is 0 Å². The average Bonchev–Trinajstić information content (AvgIpc) is 3.73. The highest BCUT2D eigenvalue weighted by Gasteiger charge is 2.70. The molecule has 3 saturated heterocycles. The summed E-state index contributed by atoms with van der Waals surface area (Å²) < 4.78 is 32.1. The van der Waals surface area contributed by atoms with Crippen LogP contribution in [0.15, 0.2) is 60.8 Å². The number of hydrogen-bond donors (Lipinski definition) is 4. The van der Waals surface area contributed by atoms with Crippen LogP contribution in [-0.4, -0.2) is 112 Å². The number of likely N-dealkylation sites (N-methyl/N-ethyl adjacent to an activating group) is 1. The summed E-state index contributed by atoms with van der Waals surface area (Å²) in [5, 5.41) is 16.1. The van der Waals surface area contributed by atoms with E-state index < -0.39 is 45.7 Å². The van der Waals surface area contributed by atoms with Crippen molar-refractivity contribution in [3.8, 4) is 0 Å². The Hall–Kier alpha value is -4.08. The normalized spacial score (nSPS) is 31.1. The number of nitrogens with zero attached hydrogens (tertiary/aromatic N) is 3. The Labute approximate surface area is 278 Å². The van der Waals surface area contributed by atoms with Crippen LogP contribution in [0.4, 0.5) is 0 Å². The van der Waals surface area contributed by atoms with Crippen LogP contribution in [0.25, 0.3) is 16.5 Å². The van der Waals surface area contributed by atoms with Crippen molar-refractivity contribution in [2.45, 2.75) is 62.4 Å². The number of hydrogen-bond acceptors (Lipinski definition) is 8. The first-order chi connectivity index (χ1) is 22.7. The third-order valence-electron chi connectivity index (χ3n) is 10.1. The van der Waals surface area contributed by atoms with Crippen LogP contribution in [0.1, 0.15) is 36.5 Å². The lowest BCUT2D eigenvalue weighted by atomic mass is 9.79. The Bertz CT molecular complexity index is 1940. The molecule has 5 aliphatic rings. The van der Waals surface area contributed by atoms with Gasteiger partial charge >= 0.3 is 0 Å². The number of nitrogens with one attached hydrogen (secondary N) is 2. The van der Waals surface area contributed by atoms with Crippen LogP contribution in [-0.2, 0) is 42.1 Å². The molecule has 0 radical (unpaired) electrons. The van der Waals surface area contributed by atoms with E-state index in [0.717, 1.165) is 28.6 Å². The van der Waals surface area contributed by atoms with Gasteiger partial charge in [-0.15, -0.1) is 0 Å². The Morgan fingerprint density at radius 1 is 1.15 bits per heavy atom. The molecule has 5 heterocycles. The molecule has 1 unspecified atom stereocenters. The van der Waals surface area contributed by atoms with E-state index in [0.29, 0.717) is 32.2 Å². The summed E-state index contributed by atoms with van der Waals surface area (Å²) in [6.07, 6.45) is 7.10. The van der Waals surface area contributed by atoms with Crippen LogP contribution in [0.2, 0.25) is 0 Å². The predicted octanol–water partition coefficient (Wildman–Crippen LogP) is 1.49. The fourth-order valence-corrected chi connectivity index (χ4v) is 8.12. The Morgan fingerprint density at radius 2 is 1.88 bits per heavy atom. The Kier molecular flexibility index (Phi) is 7.79. The Balaban J connectivity index is 0.000000681. The monoisotopic (exact) mass is 677 g/mol. The molecule has 3 fully saturated rings. The lowest BCUT2D eigenvalue weighted by Crippen LogP contribution is -2.71. The summed E-state index contributed by atoms with van der Waals surface area (Å²) in [6.45, 7) is 2.45. The number of fused-ring (bicyclic) bond motifs is 5. The van der Waals surface area contributed by atoms with E-state index in [2.05, 4.69) is 33.5 Å².